The molecule has 2 aromatic rings. The second-order valence-corrected chi connectivity index (χ2v) is 6.76. The SMILES string of the molecule is CCOc1ccc(CCNC(=NC)NCCCCn2ccccc2=O)cc1OCC. The Kier molecular flexibility index (Phi) is 10.3. The molecule has 1 aromatic carbocycles. The van der Waals surface area contributed by atoms with E-state index in [0.29, 0.717) is 13.2 Å². The number of aryl methyl sites for hydroxylation is 1. The number of hydrogen-bond donors (Lipinski definition) is 2. The van der Waals surface area contributed by atoms with Gasteiger partial charge in [0, 0.05) is 38.9 Å². The normalized spacial score (nSPS) is 11.2. The summed E-state index contributed by atoms with van der Waals surface area (Å²) in [6.07, 6.45) is 4.57. The fraction of sp³-hybridized carbons (Fsp3) is 0.478. The Morgan fingerprint density at radius 2 is 1.77 bits per heavy atom. The number of pyridine rings is 1. The molecule has 1 heterocycles. The van der Waals surface area contributed by atoms with Crippen LogP contribution >= 0.6 is 0 Å². The molecule has 0 saturated carbocycles. The first kappa shape index (κ1) is 23.3. The second kappa shape index (κ2) is 13.3. The third kappa shape index (κ3) is 7.81. The molecule has 0 amide bonds. The summed E-state index contributed by atoms with van der Waals surface area (Å²) in [6.45, 7) is 7.46. The van der Waals surface area contributed by atoms with Crippen molar-refractivity contribution < 1.29 is 9.47 Å². The number of aromatic nitrogens is 1. The molecule has 0 radical (unpaired) electrons. The monoisotopic (exact) mass is 414 g/mol. The van der Waals surface area contributed by atoms with Crippen LogP contribution in [0.15, 0.2) is 52.4 Å². The first-order chi connectivity index (χ1) is 14.7. The van der Waals surface area contributed by atoms with E-state index >= 15 is 0 Å². The summed E-state index contributed by atoms with van der Waals surface area (Å²) < 4.78 is 13.0. The zero-order valence-corrected chi connectivity index (χ0v) is 18.3. The Hall–Kier alpha value is -2.96. The average molecular weight is 415 g/mol. The van der Waals surface area contributed by atoms with E-state index in [1.807, 2.05) is 38.2 Å². The lowest BCUT2D eigenvalue weighted by Gasteiger charge is -2.14. The van der Waals surface area contributed by atoms with Crippen LogP contribution in [-0.4, -0.2) is 43.9 Å². The van der Waals surface area contributed by atoms with Crippen molar-refractivity contribution in [1.29, 1.82) is 0 Å². The molecule has 0 aliphatic rings. The largest absolute Gasteiger partial charge is 0.490 e. The predicted octanol–water partition coefficient (Wildman–Crippen LogP) is 2.83. The van der Waals surface area contributed by atoms with Gasteiger partial charge in [-0.25, -0.2) is 0 Å². The van der Waals surface area contributed by atoms with Crippen LogP contribution in [0.5, 0.6) is 11.5 Å². The van der Waals surface area contributed by atoms with Crippen molar-refractivity contribution in [3.05, 3.63) is 58.5 Å². The summed E-state index contributed by atoms with van der Waals surface area (Å²) in [5, 5.41) is 6.66. The van der Waals surface area contributed by atoms with Crippen molar-refractivity contribution in [2.75, 3.05) is 33.4 Å². The number of aliphatic imine (C=N–C) groups is 1. The van der Waals surface area contributed by atoms with Gasteiger partial charge in [0.2, 0.25) is 5.56 Å². The van der Waals surface area contributed by atoms with Crippen LogP contribution in [0.25, 0.3) is 0 Å². The van der Waals surface area contributed by atoms with Gasteiger partial charge in [0.1, 0.15) is 0 Å². The molecule has 0 aliphatic carbocycles. The lowest BCUT2D eigenvalue weighted by molar-refractivity contribution is 0.287. The van der Waals surface area contributed by atoms with Gasteiger partial charge in [-0.1, -0.05) is 12.1 Å². The lowest BCUT2D eigenvalue weighted by Crippen LogP contribution is -2.38. The van der Waals surface area contributed by atoms with Gasteiger partial charge in [-0.15, -0.1) is 0 Å². The number of unbranched alkanes of at least 4 members (excludes halogenated alkanes) is 1. The number of ether oxygens (including phenoxy) is 2. The summed E-state index contributed by atoms with van der Waals surface area (Å²) in [7, 11) is 1.77. The van der Waals surface area contributed by atoms with Crippen LogP contribution in [0, 0.1) is 0 Å². The highest BCUT2D eigenvalue weighted by molar-refractivity contribution is 5.79. The van der Waals surface area contributed by atoms with Gasteiger partial charge in [0.15, 0.2) is 17.5 Å². The molecule has 2 rings (SSSR count). The minimum atomic E-state index is 0.0460. The molecular weight excluding hydrogens is 380 g/mol. The van der Waals surface area contributed by atoms with Crippen LogP contribution in [0.2, 0.25) is 0 Å². The molecule has 30 heavy (non-hydrogen) atoms. The summed E-state index contributed by atoms with van der Waals surface area (Å²) in [5.74, 6) is 2.35. The highest BCUT2D eigenvalue weighted by Gasteiger charge is 2.06. The first-order valence-corrected chi connectivity index (χ1v) is 10.7. The topological polar surface area (TPSA) is 76.9 Å². The maximum Gasteiger partial charge on any atom is 0.250 e. The quantitative estimate of drug-likeness (QED) is 0.317. The Balaban J connectivity index is 1.70. The molecule has 0 bridgehead atoms. The van der Waals surface area contributed by atoms with Crippen LogP contribution < -0.4 is 25.7 Å². The van der Waals surface area contributed by atoms with Gasteiger partial charge in [-0.3, -0.25) is 9.79 Å². The van der Waals surface area contributed by atoms with E-state index < -0.39 is 0 Å². The van der Waals surface area contributed by atoms with E-state index in [9.17, 15) is 4.79 Å². The molecule has 0 unspecified atom stereocenters. The Bertz CT molecular complexity index is 848. The maximum absolute atomic E-state index is 11.7. The van der Waals surface area contributed by atoms with Crippen molar-refractivity contribution in [3.63, 3.8) is 0 Å². The first-order valence-electron chi connectivity index (χ1n) is 10.7. The van der Waals surface area contributed by atoms with E-state index in [1.165, 1.54) is 5.56 Å². The van der Waals surface area contributed by atoms with Crippen LogP contribution in [0.3, 0.4) is 0 Å². The summed E-state index contributed by atoms with van der Waals surface area (Å²) in [4.78, 5) is 16.0. The van der Waals surface area contributed by atoms with Crippen molar-refractivity contribution >= 4 is 5.96 Å². The third-order valence-electron chi connectivity index (χ3n) is 4.55. The number of benzene rings is 1. The molecule has 7 heteroatoms. The smallest absolute Gasteiger partial charge is 0.250 e. The summed E-state index contributed by atoms with van der Waals surface area (Å²) in [5.41, 5.74) is 1.22. The van der Waals surface area contributed by atoms with Crippen LogP contribution in [0.1, 0.15) is 32.3 Å². The molecule has 0 aliphatic heterocycles. The van der Waals surface area contributed by atoms with Gasteiger partial charge in [-0.2, -0.15) is 0 Å². The number of hydrogen-bond acceptors (Lipinski definition) is 4. The highest BCUT2D eigenvalue weighted by Crippen LogP contribution is 2.28. The van der Waals surface area contributed by atoms with Crippen molar-refractivity contribution in [2.45, 2.75) is 39.7 Å². The van der Waals surface area contributed by atoms with E-state index in [2.05, 4.69) is 21.7 Å². The van der Waals surface area contributed by atoms with Gasteiger partial charge < -0.3 is 24.7 Å². The van der Waals surface area contributed by atoms with E-state index in [0.717, 1.165) is 56.4 Å². The maximum atomic E-state index is 11.7. The molecule has 0 fully saturated rings. The van der Waals surface area contributed by atoms with Gasteiger partial charge in [0.05, 0.1) is 13.2 Å². The van der Waals surface area contributed by atoms with Crippen LogP contribution in [-0.2, 0) is 13.0 Å². The average Bonchev–Trinajstić information content (AvgIpc) is 2.75. The number of nitrogens with zero attached hydrogens (tertiary/aromatic N) is 2. The van der Waals surface area contributed by atoms with E-state index in [4.69, 9.17) is 9.47 Å². The minimum absolute atomic E-state index is 0.0460. The molecule has 0 saturated heterocycles. The fourth-order valence-corrected chi connectivity index (χ4v) is 3.06. The Morgan fingerprint density at radius 1 is 1.00 bits per heavy atom. The highest BCUT2D eigenvalue weighted by atomic mass is 16.5. The molecule has 2 N–H and O–H groups in total. The van der Waals surface area contributed by atoms with Gasteiger partial charge in [0.25, 0.3) is 0 Å². The molecule has 164 valence electrons. The zero-order chi connectivity index (χ0) is 21.6. The molecule has 7 nitrogen and oxygen atoms in total. The van der Waals surface area contributed by atoms with Crippen molar-refractivity contribution in [1.82, 2.24) is 15.2 Å². The fourth-order valence-electron chi connectivity index (χ4n) is 3.06. The van der Waals surface area contributed by atoms with Crippen molar-refractivity contribution in [2.24, 2.45) is 4.99 Å². The number of rotatable bonds is 12. The predicted molar refractivity (Wildman–Crippen MR) is 122 cm³/mol. The lowest BCUT2D eigenvalue weighted by atomic mass is 10.1. The molecule has 0 spiro atoms. The second-order valence-electron chi connectivity index (χ2n) is 6.76. The Morgan fingerprint density at radius 3 is 2.50 bits per heavy atom. The van der Waals surface area contributed by atoms with Crippen LogP contribution in [0.4, 0.5) is 0 Å². The standard InChI is InChI=1S/C23H34N4O3/c1-4-29-20-12-11-19(18-21(20)30-5-2)13-15-26-23(24-3)25-14-7-9-17-27-16-8-6-10-22(27)28/h6,8,10-12,16,18H,4-5,7,9,13-15,17H2,1-3H3,(H2,24,25,26). The molecule has 0 atom stereocenters. The minimum Gasteiger partial charge on any atom is -0.490 e. The van der Waals surface area contributed by atoms with Gasteiger partial charge in [-0.05, 0) is 56.9 Å². The Labute approximate surface area is 179 Å². The molecule has 1 aromatic heterocycles. The van der Waals surface area contributed by atoms with Gasteiger partial charge >= 0.3 is 0 Å². The molecular formula is C23H34N4O3. The number of guanidine groups is 1. The summed E-state index contributed by atoms with van der Waals surface area (Å²) in [6, 6.07) is 11.3. The van der Waals surface area contributed by atoms with E-state index in [-0.39, 0.29) is 5.56 Å². The third-order valence-corrected chi connectivity index (χ3v) is 4.55. The number of nitrogens with one attached hydrogen (secondary N) is 2. The summed E-state index contributed by atoms with van der Waals surface area (Å²) >= 11 is 0. The van der Waals surface area contributed by atoms with E-state index in [1.54, 1.807) is 23.7 Å². The van der Waals surface area contributed by atoms with Crippen molar-refractivity contribution in [3.8, 4) is 11.5 Å². The zero-order valence-electron chi connectivity index (χ0n) is 18.3.